The van der Waals surface area contributed by atoms with Crippen LogP contribution in [-0.4, -0.2) is 20.5 Å². The third-order valence-corrected chi connectivity index (χ3v) is 10.6. The predicted molar refractivity (Wildman–Crippen MR) is 134 cm³/mol. The van der Waals surface area contributed by atoms with E-state index < -0.39 is 8.32 Å². The molecule has 0 bridgehead atoms. The van der Waals surface area contributed by atoms with Gasteiger partial charge in [-0.1, -0.05) is 81.3 Å². The molecule has 30 heavy (non-hydrogen) atoms. The van der Waals surface area contributed by atoms with Crippen molar-refractivity contribution < 1.29 is 9.16 Å². The van der Waals surface area contributed by atoms with E-state index in [4.69, 9.17) is 9.16 Å². The molecule has 0 saturated carbocycles. The van der Waals surface area contributed by atoms with Crippen molar-refractivity contribution in [3.05, 3.63) is 59.2 Å². The normalized spacial score (nSPS) is 16.1. The molecule has 0 fully saturated rings. The van der Waals surface area contributed by atoms with Gasteiger partial charge in [0.05, 0.1) is 18.8 Å². The fraction of sp³-hybridized carbons (Fsp3) is 0.630. The number of ether oxygens (including phenoxy) is 1. The van der Waals surface area contributed by atoms with E-state index in [-0.39, 0.29) is 17.2 Å². The molecule has 0 heterocycles. The molecule has 2 nitrogen and oxygen atoms in total. The fourth-order valence-electron chi connectivity index (χ4n) is 3.34. The maximum atomic E-state index is 6.83. The Balaban J connectivity index is 2.88. The summed E-state index contributed by atoms with van der Waals surface area (Å²) in [5.74, 6) is 0.567. The maximum absolute atomic E-state index is 6.83. The first kappa shape index (κ1) is 26.9. The minimum Gasteiger partial charge on any atom is -0.411 e. The zero-order valence-electron chi connectivity index (χ0n) is 21.2. The van der Waals surface area contributed by atoms with Gasteiger partial charge < -0.3 is 9.16 Å². The van der Waals surface area contributed by atoms with Gasteiger partial charge in [-0.15, -0.1) is 0 Å². The molecule has 0 aliphatic rings. The molecule has 1 rings (SSSR count). The number of hydrogen-bond donors (Lipinski definition) is 0. The SMILES string of the molecule is CC(C)=CC(C)C/C(C)=C\C[C@H](O[Si](C)(C)C(C)(C)C)[C@H](C)OCc1ccccc1. The molecule has 0 saturated heterocycles. The van der Waals surface area contributed by atoms with Crippen molar-refractivity contribution in [2.75, 3.05) is 0 Å². The van der Waals surface area contributed by atoms with Gasteiger partial charge in [0.1, 0.15) is 0 Å². The highest BCUT2D eigenvalue weighted by atomic mass is 28.4. The van der Waals surface area contributed by atoms with Crippen LogP contribution < -0.4 is 0 Å². The highest BCUT2D eigenvalue weighted by Crippen LogP contribution is 2.38. The molecule has 0 N–H and O–H groups in total. The number of allylic oxidation sites excluding steroid dienone is 3. The average molecular weight is 431 g/mol. The summed E-state index contributed by atoms with van der Waals surface area (Å²) in [5.41, 5.74) is 4.02. The van der Waals surface area contributed by atoms with Crippen LogP contribution in [0, 0.1) is 5.92 Å². The molecule has 0 amide bonds. The third kappa shape index (κ3) is 9.76. The van der Waals surface area contributed by atoms with Gasteiger partial charge in [-0.2, -0.15) is 0 Å². The topological polar surface area (TPSA) is 18.5 Å². The summed E-state index contributed by atoms with van der Waals surface area (Å²) in [6.07, 6.45) is 6.83. The average Bonchev–Trinajstić information content (AvgIpc) is 2.62. The highest BCUT2D eigenvalue weighted by molar-refractivity contribution is 6.74. The second-order valence-corrected chi connectivity index (χ2v) is 15.4. The van der Waals surface area contributed by atoms with Gasteiger partial charge in [0.2, 0.25) is 0 Å². The molecule has 3 heteroatoms. The van der Waals surface area contributed by atoms with Crippen molar-refractivity contribution in [2.24, 2.45) is 5.92 Å². The van der Waals surface area contributed by atoms with Gasteiger partial charge in [0, 0.05) is 0 Å². The van der Waals surface area contributed by atoms with E-state index in [1.165, 1.54) is 16.7 Å². The van der Waals surface area contributed by atoms with Crippen LogP contribution in [0.5, 0.6) is 0 Å². The van der Waals surface area contributed by atoms with Crippen molar-refractivity contribution in [2.45, 2.75) is 105 Å². The van der Waals surface area contributed by atoms with Gasteiger partial charge in [0.25, 0.3) is 0 Å². The highest BCUT2D eigenvalue weighted by Gasteiger charge is 2.40. The second kappa shape index (κ2) is 12.0. The van der Waals surface area contributed by atoms with Crippen LogP contribution in [-0.2, 0) is 15.8 Å². The van der Waals surface area contributed by atoms with E-state index in [1.807, 2.05) is 6.07 Å². The van der Waals surface area contributed by atoms with E-state index in [2.05, 4.69) is 105 Å². The van der Waals surface area contributed by atoms with Crippen molar-refractivity contribution in [3.63, 3.8) is 0 Å². The van der Waals surface area contributed by atoms with Crippen LogP contribution in [0.3, 0.4) is 0 Å². The fourth-order valence-corrected chi connectivity index (χ4v) is 4.73. The summed E-state index contributed by atoms with van der Waals surface area (Å²) in [7, 11) is -1.88. The molecule has 1 unspecified atom stereocenters. The summed E-state index contributed by atoms with van der Waals surface area (Å²) < 4.78 is 13.1. The molecule has 170 valence electrons. The van der Waals surface area contributed by atoms with Gasteiger partial charge in [-0.05, 0) is 70.2 Å². The van der Waals surface area contributed by atoms with Crippen LogP contribution >= 0.6 is 0 Å². The number of benzene rings is 1. The molecule has 0 aromatic heterocycles. The van der Waals surface area contributed by atoms with Crippen molar-refractivity contribution in [1.29, 1.82) is 0 Å². The van der Waals surface area contributed by atoms with Gasteiger partial charge >= 0.3 is 0 Å². The minimum atomic E-state index is -1.88. The Kier molecular flexibility index (Phi) is 10.8. The lowest BCUT2D eigenvalue weighted by atomic mass is 9.98. The van der Waals surface area contributed by atoms with Crippen molar-refractivity contribution in [1.82, 2.24) is 0 Å². The smallest absolute Gasteiger partial charge is 0.192 e. The molecule has 1 aromatic carbocycles. The first-order valence-corrected chi connectivity index (χ1v) is 14.4. The van der Waals surface area contributed by atoms with Crippen LogP contribution in [0.1, 0.15) is 73.8 Å². The Morgan fingerprint density at radius 1 is 1.03 bits per heavy atom. The predicted octanol–water partition coefficient (Wildman–Crippen LogP) is 8.31. The summed E-state index contributed by atoms with van der Waals surface area (Å²) in [6.45, 7) is 23.2. The van der Waals surface area contributed by atoms with E-state index in [0.29, 0.717) is 12.5 Å². The minimum absolute atomic E-state index is 0.0404. The maximum Gasteiger partial charge on any atom is 0.192 e. The first-order chi connectivity index (χ1) is 13.8. The lowest BCUT2D eigenvalue weighted by Gasteiger charge is -2.40. The third-order valence-electron chi connectivity index (χ3n) is 6.09. The van der Waals surface area contributed by atoms with E-state index in [9.17, 15) is 0 Å². The number of hydrogen-bond acceptors (Lipinski definition) is 2. The van der Waals surface area contributed by atoms with E-state index in [0.717, 1.165) is 12.8 Å². The molecule has 0 radical (unpaired) electrons. The molecular formula is C27H46O2Si. The summed E-state index contributed by atoms with van der Waals surface area (Å²) in [4.78, 5) is 0. The first-order valence-electron chi connectivity index (χ1n) is 11.5. The van der Waals surface area contributed by atoms with Crippen LogP contribution in [0.2, 0.25) is 18.1 Å². The Bertz CT molecular complexity index is 679. The lowest BCUT2D eigenvalue weighted by Crippen LogP contribution is -2.47. The molecular weight excluding hydrogens is 384 g/mol. The van der Waals surface area contributed by atoms with Crippen LogP contribution in [0.25, 0.3) is 0 Å². The summed E-state index contributed by atoms with van der Waals surface area (Å²) in [5, 5.41) is 0.182. The van der Waals surface area contributed by atoms with E-state index >= 15 is 0 Å². The van der Waals surface area contributed by atoms with Crippen molar-refractivity contribution >= 4 is 8.32 Å². The van der Waals surface area contributed by atoms with E-state index in [1.54, 1.807) is 0 Å². The molecule has 0 aliphatic heterocycles. The van der Waals surface area contributed by atoms with Crippen molar-refractivity contribution in [3.8, 4) is 0 Å². The zero-order valence-corrected chi connectivity index (χ0v) is 22.2. The standard InChI is InChI=1S/C27H46O2Si/c1-21(2)18-23(4)19-22(3)16-17-26(29-30(9,10)27(6,7)8)24(5)28-20-25-14-12-11-13-15-25/h11-16,18,23-24,26H,17,19-20H2,1-10H3/b22-16-/t23?,24-,26-/m0/s1. The Morgan fingerprint density at radius 3 is 2.17 bits per heavy atom. The Morgan fingerprint density at radius 2 is 1.63 bits per heavy atom. The number of rotatable bonds is 11. The van der Waals surface area contributed by atoms with Gasteiger partial charge in [-0.3, -0.25) is 0 Å². The molecule has 0 spiro atoms. The monoisotopic (exact) mass is 430 g/mol. The van der Waals surface area contributed by atoms with Crippen LogP contribution in [0.15, 0.2) is 53.6 Å². The molecule has 0 aliphatic carbocycles. The summed E-state index contributed by atoms with van der Waals surface area (Å²) >= 11 is 0. The Labute approximate surface area is 187 Å². The molecule has 1 aromatic rings. The Hall–Kier alpha value is -1.16. The lowest BCUT2D eigenvalue weighted by molar-refractivity contribution is -0.0277. The molecule has 3 atom stereocenters. The summed E-state index contributed by atoms with van der Waals surface area (Å²) in [6, 6.07) is 10.4. The second-order valence-electron chi connectivity index (χ2n) is 10.6. The van der Waals surface area contributed by atoms with Crippen LogP contribution in [0.4, 0.5) is 0 Å². The quantitative estimate of drug-likeness (QED) is 0.259. The zero-order chi connectivity index (χ0) is 22.9. The van der Waals surface area contributed by atoms with Gasteiger partial charge in [-0.25, -0.2) is 0 Å². The van der Waals surface area contributed by atoms with Gasteiger partial charge in [0.15, 0.2) is 8.32 Å². The largest absolute Gasteiger partial charge is 0.411 e.